The molecule has 1 saturated heterocycles. The molecular formula is C11H21NOS. The van der Waals surface area contributed by atoms with Gasteiger partial charge < -0.3 is 10.4 Å². The second-order valence-corrected chi connectivity index (χ2v) is 5.74. The summed E-state index contributed by atoms with van der Waals surface area (Å²) in [4.78, 5) is 0. The van der Waals surface area contributed by atoms with Crippen LogP contribution in [-0.2, 0) is 0 Å². The molecule has 0 radical (unpaired) electrons. The Morgan fingerprint density at radius 3 is 2.50 bits per heavy atom. The SMILES string of the molecule is OCC(CC1CCCC1)NC1CSC1. The van der Waals surface area contributed by atoms with Crippen molar-refractivity contribution in [2.24, 2.45) is 5.92 Å². The number of aliphatic hydroxyl groups excluding tert-OH is 1. The average molecular weight is 215 g/mol. The Morgan fingerprint density at radius 1 is 1.29 bits per heavy atom. The van der Waals surface area contributed by atoms with E-state index in [9.17, 15) is 5.11 Å². The molecule has 0 aromatic heterocycles. The third kappa shape index (κ3) is 2.88. The van der Waals surface area contributed by atoms with Crippen LogP contribution in [0.1, 0.15) is 32.1 Å². The fraction of sp³-hybridized carbons (Fsp3) is 1.00. The van der Waals surface area contributed by atoms with Crippen LogP contribution in [0.2, 0.25) is 0 Å². The molecule has 1 heterocycles. The van der Waals surface area contributed by atoms with E-state index in [2.05, 4.69) is 5.32 Å². The van der Waals surface area contributed by atoms with Crippen LogP contribution >= 0.6 is 11.8 Å². The van der Waals surface area contributed by atoms with Crippen molar-refractivity contribution in [2.45, 2.75) is 44.2 Å². The lowest BCUT2D eigenvalue weighted by Gasteiger charge is -2.31. The van der Waals surface area contributed by atoms with Crippen LogP contribution in [0.4, 0.5) is 0 Å². The molecule has 1 atom stereocenters. The largest absolute Gasteiger partial charge is 0.395 e. The molecule has 1 aliphatic heterocycles. The molecule has 0 amide bonds. The van der Waals surface area contributed by atoms with E-state index in [1.54, 1.807) is 0 Å². The fourth-order valence-corrected chi connectivity index (χ4v) is 3.17. The molecule has 82 valence electrons. The van der Waals surface area contributed by atoms with Gasteiger partial charge in [0.25, 0.3) is 0 Å². The molecule has 0 aromatic carbocycles. The highest BCUT2D eigenvalue weighted by molar-refractivity contribution is 8.00. The second kappa shape index (κ2) is 5.38. The minimum Gasteiger partial charge on any atom is -0.395 e. The average Bonchev–Trinajstić information content (AvgIpc) is 2.61. The Balaban J connectivity index is 1.68. The summed E-state index contributed by atoms with van der Waals surface area (Å²) >= 11 is 2.00. The van der Waals surface area contributed by atoms with Gasteiger partial charge in [-0.25, -0.2) is 0 Å². The molecule has 0 aromatic rings. The molecule has 0 spiro atoms. The summed E-state index contributed by atoms with van der Waals surface area (Å²) in [5.74, 6) is 3.36. The first-order valence-corrected chi connectivity index (χ1v) is 6.98. The van der Waals surface area contributed by atoms with Gasteiger partial charge >= 0.3 is 0 Å². The molecule has 14 heavy (non-hydrogen) atoms. The lowest BCUT2D eigenvalue weighted by Crippen LogP contribution is -2.48. The van der Waals surface area contributed by atoms with E-state index in [4.69, 9.17) is 0 Å². The zero-order valence-electron chi connectivity index (χ0n) is 8.74. The highest BCUT2D eigenvalue weighted by Crippen LogP contribution is 2.29. The topological polar surface area (TPSA) is 32.3 Å². The van der Waals surface area contributed by atoms with E-state index in [-0.39, 0.29) is 0 Å². The summed E-state index contributed by atoms with van der Waals surface area (Å²) < 4.78 is 0. The standard InChI is InChI=1S/C11H21NOS/c13-6-10(12-11-7-14-8-11)5-9-3-1-2-4-9/h9-13H,1-8H2. The predicted octanol–water partition coefficient (Wildman–Crippen LogP) is 1.63. The van der Waals surface area contributed by atoms with Gasteiger partial charge in [0, 0.05) is 23.6 Å². The summed E-state index contributed by atoms with van der Waals surface area (Å²) in [5.41, 5.74) is 0. The van der Waals surface area contributed by atoms with Crippen molar-refractivity contribution >= 4 is 11.8 Å². The highest BCUT2D eigenvalue weighted by Gasteiger charge is 2.24. The molecule has 1 saturated carbocycles. The first-order valence-electron chi connectivity index (χ1n) is 5.83. The van der Waals surface area contributed by atoms with Crippen molar-refractivity contribution in [2.75, 3.05) is 18.1 Å². The van der Waals surface area contributed by atoms with Crippen molar-refractivity contribution < 1.29 is 5.11 Å². The second-order valence-electron chi connectivity index (χ2n) is 4.67. The molecule has 2 N–H and O–H groups in total. The van der Waals surface area contributed by atoms with Gasteiger partial charge in [0.15, 0.2) is 0 Å². The fourth-order valence-electron chi connectivity index (χ4n) is 2.51. The van der Waals surface area contributed by atoms with Crippen molar-refractivity contribution in [1.29, 1.82) is 0 Å². The normalized spacial score (nSPS) is 26.4. The molecular weight excluding hydrogens is 194 g/mol. The first kappa shape index (κ1) is 10.8. The molecule has 1 aliphatic carbocycles. The first-order chi connectivity index (χ1) is 6.88. The van der Waals surface area contributed by atoms with E-state index in [1.165, 1.54) is 43.6 Å². The molecule has 1 unspecified atom stereocenters. The molecule has 2 aliphatic rings. The summed E-state index contributed by atoms with van der Waals surface area (Å²) in [6.45, 7) is 0.317. The lowest BCUT2D eigenvalue weighted by atomic mass is 9.98. The third-order valence-electron chi connectivity index (χ3n) is 3.42. The van der Waals surface area contributed by atoms with E-state index in [0.717, 1.165) is 5.92 Å². The van der Waals surface area contributed by atoms with Gasteiger partial charge in [0.2, 0.25) is 0 Å². The summed E-state index contributed by atoms with van der Waals surface area (Å²) in [6.07, 6.45) is 6.77. The van der Waals surface area contributed by atoms with Gasteiger partial charge in [-0.1, -0.05) is 25.7 Å². The van der Waals surface area contributed by atoms with Crippen LogP contribution in [0.15, 0.2) is 0 Å². The van der Waals surface area contributed by atoms with Crippen molar-refractivity contribution in [3.8, 4) is 0 Å². The quantitative estimate of drug-likeness (QED) is 0.731. The Labute approximate surface area is 90.8 Å². The zero-order chi connectivity index (χ0) is 9.80. The third-order valence-corrected chi connectivity index (χ3v) is 4.70. The maximum atomic E-state index is 9.29. The number of aliphatic hydroxyl groups is 1. The number of nitrogens with one attached hydrogen (secondary N) is 1. The Bertz CT molecular complexity index is 167. The van der Waals surface area contributed by atoms with E-state index >= 15 is 0 Å². The van der Waals surface area contributed by atoms with E-state index in [1.807, 2.05) is 11.8 Å². The minimum absolute atomic E-state index is 0.317. The summed E-state index contributed by atoms with van der Waals surface area (Å²) in [6, 6.07) is 1.04. The number of hydrogen-bond donors (Lipinski definition) is 2. The maximum absolute atomic E-state index is 9.29. The monoisotopic (exact) mass is 215 g/mol. The van der Waals surface area contributed by atoms with E-state index in [0.29, 0.717) is 18.7 Å². The van der Waals surface area contributed by atoms with Crippen LogP contribution in [0.25, 0.3) is 0 Å². The van der Waals surface area contributed by atoms with Gasteiger partial charge in [0.1, 0.15) is 0 Å². The lowest BCUT2D eigenvalue weighted by molar-refractivity contribution is 0.212. The molecule has 2 nitrogen and oxygen atoms in total. The van der Waals surface area contributed by atoms with Gasteiger partial charge in [-0.2, -0.15) is 11.8 Å². The smallest absolute Gasteiger partial charge is 0.0584 e. The number of hydrogen-bond acceptors (Lipinski definition) is 3. The summed E-state index contributed by atoms with van der Waals surface area (Å²) in [7, 11) is 0. The van der Waals surface area contributed by atoms with Gasteiger partial charge in [-0.05, 0) is 12.3 Å². The van der Waals surface area contributed by atoms with Crippen LogP contribution in [-0.4, -0.2) is 35.3 Å². The Kier molecular flexibility index (Phi) is 4.14. The highest BCUT2D eigenvalue weighted by atomic mass is 32.2. The molecule has 0 bridgehead atoms. The zero-order valence-corrected chi connectivity index (χ0v) is 9.56. The maximum Gasteiger partial charge on any atom is 0.0584 e. The Morgan fingerprint density at radius 2 is 2.00 bits per heavy atom. The van der Waals surface area contributed by atoms with Crippen LogP contribution < -0.4 is 5.32 Å². The van der Waals surface area contributed by atoms with Crippen molar-refractivity contribution in [3.63, 3.8) is 0 Å². The van der Waals surface area contributed by atoms with Gasteiger partial charge in [-0.3, -0.25) is 0 Å². The summed E-state index contributed by atoms with van der Waals surface area (Å²) in [5, 5.41) is 12.8. The van der Waals surface area contributed by atoms with Crippen molar-refractivity contribution in [1.82, 2.24) is 5.32 Å². The van der Waals surface area contributed by atoms with Gasteiger partial charge in [0.05, 0.1) is 6.61 Å². The van der Waals surface area contributed by atoms with Crippen LogP contribution in [0.3, 0.4) is 0 Å². The minimum atomic E-state index is 0.317. The van der Waals surface area contributed by atoms with Gasteiger partial charge in [-0.15, -0.1) is 0 Å². The molecule has 2 fully saturated rings. The number of rotatable bonds is 5. The van der Waals surface area contributed by atoms with Crippen molar-refractivity contribution in [3.05, 3.63) is 0 Å². The number of thioether (sulfide) groups is 1. The van der Waals surface area contributed by atoms with E-state index < -0.39 is 0 Å². The van der Waals surface area contributed by atoms with Crippen LogP contribution in [0, 0.1) is 5.92 Å². The Hall–Kier alpha value is 0.270. The van der Waals surface area contributed by atoms with Crippen LogP contribution in [0.5, 0.6) is 0 Å². The molecule has 3 heteroatoms. The predicted molar refractivity (Wildman–Crippen MR) is 61.7 cm³/mol. The molecule has 2 rings (SSSR count).